The first-order valence-electron chi connectivity index (χ1n) is 10.4. The first-order valence-corrected chi connectivity index (χ1v) is 11.7. The number of hydrogen-bond donors (Lipinski definition) is 1. The number of carbonyl (C=O) groups is 2. The van der Waals surface area contributed by atoms with Crippen molar-refractivity contribution in [2.45, 2.75) is 20.3 Å². The molecular formula is C24H22N4O4S2. The van der Waals surface area contributed by atoms with Crippen LogP contribution in [0.1, 0.15) is 23.1 Å². The minimum atomic E-state index is -0.324. The van der Waals surface area contributed by atoms with Crippen LogP contribution in [0.4, 0.5) is 5.82 Å². The second-order valence-electron chi connectivity index (χ2n) is 7.68. The van der Waals surface area contributed by atoms with E-state index in [0.29, 0.717) is 14.9 Å². The van der Waals surface area contributed by atoms with Crippen LogP contribution in [0.5, 0.6) is 5.75 Å². The van der Waals surface area contributed by atoms with Gasteiger partial charge in [-0.05, 0) is 59.6 Å². The van der Waals surface area contributed by atoms with Crippen molar-refractivity contribution >= 4 is 52.0 Å². The van der Waals surface area contributed by atoms with E-state index in [1.165, 1.54) is 16.7 Å². The number of amides is 2. The lowest BCUT2D eigenvalue weighted by Gasteiger charge is -2.13. The van der Waals surface area contributed by atoms with Crippen molar-refractivity contribution in [3.63, 3.8) is 0 Å². The lowest BCUT2D eigenvalue weighted by atomic mass is 10.0. The van der Waals surface area contributed by atoms with E-state index in [1.54, 1.807) is 13.2 Å². The van der Waals surface area contributed by atoms with Gasteiger partial charge in [-0.2, -0.15) is 0 Å². The molecule has 174 valence electrons. The molecule has 0 spiro atoms. The Kier molecular flexibility index (Phi) is 7.09. The molecule has 34 heavy (non-hydrogen) atoms. The third kappa shape index (κ3) is 5.18. The number of ether oxygens (including phenoxy) is 1. The number of aryl methyl sites for hydroxylation is 2. The summed E-state index contributed by atoms with van der Waals surface area (Å²) in [5, 5.41) is 10.5. The summed E-state index contributed by atoms with van der Waals surface area (Å²) in [6.45, 7) is 4.07. The van der Waals surface area contributed by atoms with Gasteiger partial charge in [0.25, 0.3) is 5.91 Å². The van der Waals surface area contributed by atoms with E-state index in [1.807, 2.05) is 56.3 Å². The van der Waals surface area contributed by atoms with Crippen LogP contribution in [0.3, 0.4) is 0 Å². The Morgan fingerprint density at radius 3 is 2.71 bits per heavy atom. The van der Waals surface area contributed by atoms with E-state index >= 15 is 0 Å². The summed E-state index contributed by atoms with van der Waals surface area (Å²) < 4.78 is 10.4. The number of anilines is 1. The Bertz CT molecular complexity index is 1280. The van der Waals surface area contributed by atoms with Crippen molar-refractivity contribution in [3.05, 3.63) is 64.1 Å². The number of carbonyl (C=O) groups excluding carboxylic acids is 2. The average molecular weight is 495 g/mol. The zero-order chi connectivity index (χ0) is 24.2. The van der Waals surface area contributed by atoms with Crippen LogP contribution >= 0.6 is 24.0 Å². The number of nitrogens with zero attached hydrogens (tertiary/aromatic N) is 3. The SMILES string of the molecule is COc1ccc(/C=C2\SC(=S)N(CCC(=O)Nc3nonc3-c3cc(C)ccc3C)C2=O)cc1. The van der Waals surface area contributed by atoms with E-state index in [4.69, 9.17) is 21.6 Å². The molecular weight excluding hydrogens is 472 g/mol. The van der Waals surface area contributed by atoms with Crippen LogP contribution in [0.25, 0.3) is 17.3 Å². The Balaban J connectivity index is 1.39. The smallest absolute Gasteiger partial charge is 0.266 e. The molecule has 2 heterocycles. The highest BCUT2D eigenvalue weighted by atomic mass is 32.2. The van der Waals surface area contributed by atoms with Gasteiger partial charge in [-0.25, -0.2) is 4.63 Å². The van der Waals surface area contributed by atoms with E-state index in [-0.39, 0.29) is 30.6 Å². The third-order valence-electron chi connectivity index (χ3n) is 5.24. The molecule has 4 rings (SSSR count). The number of aromatic nitrogens is 2. The molecule has 0 aliphatic carbocycles. The average Bonchev–Trinajstić information content (AvgIpc) is 3.38. The lowest BCUT2D eigenvalue weighted by molar-refractivity contribution is -0.122. The zero-order valence-corrected chi connectivity index (χ0v) is 20.5. The van der Waals surface area contributed by atoms with Gasteiger partial charge >= 0.3 is 0 Å². The number of methoxy groups -OCH3 is 1. The molecule has 0 saturated carbocycles. The summed E-state index contributed by atoms with van der Waals surface area (Å²) in [5.74, 6) is 0.426. The molecule has 1 aliphatic heterocycles. The molecule has 1 fully saturated rings. The molecule has 2 amide bonds. The minimum absolute atomic E-state index is 0.0430. The Morgan fingerprint density at radius 2 is 1.97 bits per heavy atom. The van der Waals surface area contributed by atoms with Gasteiger partial charge in [-0.15, -0.1) is 0 Å². The summed E-state index contributed by atoms with van der Waals surface area (Å²) in [6.07, 6.45) is 1.82. The van der Waals surface area contributed by atoms with Gasteiger partial charge in [0.1, 0.15) is 10.1 Å². The van der Waals surface area contributed by atoms with Crippen molar-refractivity contribution in [1.82, 2.24) is 15.2 Å². The standard InChI is InChI=1S/C24H22N4O4S2/c1-14-4-5-15(2)18(12-14)21-22(27-32-26-21)25-20(29)10-11-28-23(30)19(34-24(28)33)13-16-6-8-17(31-3)9-7-16/h4-9,12-13H,10-11H2,1-3H3,(H,25,27,29)/b19-13-. The van der Waals surface area contributed by atoms with Gasteiger partial charge < -0.3 is 10.1 Å². The van der Waals surface area contributed by atoms with Crippen LogP contribution in [0.2, 0.25) is 0 Å². The van der Waals surface area contributed by atoms with Crippen molar-refractivity contribution < 1.29 is 19.0 Å². The van der Waals surface area contributed by atoms with Crippen LogP contribution < -0.4 is 10.1 Å². The lowest BCUT2D eigenvalue weighted by Crippen LogP contribution is -2.31. The fraction of sp³-hybridized carbons (Fsp3) is 0.208. The second-order valence-corrected chi connectivity index (χ2v) is 9.36. The molecule has 0 atom stereocenters. The monoisotopic (exact) mass is 494 g/mol. The van der Waals surface area contributed by atoms with Gasteiger partial charge in [-0.1, -0.05) is 53.8 Å². The molecule has 0 unspecified atom stereocenters. The second kappa shape index (κ2) is 10.2. The molecule has 0 bridgehead atoms. The number of thiocarbonyl (C=S) groups is 1. The van der Waals surface area contributed by atoms with Crippen LogP contribution in [-0.2, 0) is 9.59 Å². The van der Waals surface area contributed by atoms with Crippen molar-refractivity contribution in [2.75, 3.05) is 19.0 Å². The van der Waals surface area contributed by atoms with Crippen molar-refractivity contribution in [1.29, 1.82) is 0 Å². The van der Waals surface area contributed by atoms with E-state index in [2.05, 4.69) is 15.6 Å². The first-order chi connectivity index (χ1) is 16.4. The van der Waals surface area contributed by atoms with Crippen LogP contribution in [0.15, 0.2) is 52.0 Å². The highest BCUT2D eigenvalue weighted by Gasteiger charge is 2.32. The maximum atomic E-state index is 12.8. The summed E-state index contributed by atoms with van der Waals surface area (Å²) in [4.78, 5) is 27.4. The zero-order valence-electron chi connectivity index (χ0n) is 18.8. The predicted molar refractivity (Wildman–Crippen MR) is 135 cm³/mol. The highest BCUT2D eigenvalue weighted by molar-refractivity contribution is 8.26. The summed E-state index contributed by atoms with van der Waals surface area (Å²) >= 11 is 6.58. The van der Waals surface area contributed by atoms with Gasteiger partial charge in [-0.3, -0.25) is 14.5 Å². The van der Waals surface area contributed by atoms with Crippen LogP contribution in [0, 0.1) is 13.8 Å². The quantitative estimate of drug-likeness (QED) is 0.376. The molecule has 1 aliphatic rings. The fourth-order valence-corrected chi connectivity index (χ4v) is 4.70. The summed E-state index contributed by atoms with van der Waals surface area (Å²) in [6, 6.07) is 13.3. The number of hydrogen-bond acceptors (Lipinski definition) is 8. The highest BCUT2D eigenvalue weighted by Crippen LogP contribution is 2.33. The molecule has 1 aromatic heterocycles. The molecule has 3 aromatic rings. The normalized spacial score (nSPS) is 14.7. The van der Waals surface area contributed by atoms with Crippen molar-refractivity contribution in [3.8, 4) is 17.0 Å². The minimum Gasteiger partial charge on any atom is -0.497 e. The predicted octanol–water partition coefficient (Wildman–Crippen LogP) is 4.59. The summed E-state index contributed by atoms with van der Waals surface area (Å²) in [5.41, 5.74) is 4.19. The third-order valence-corrected chi connectivity index (χ3v) is 6.62. The molecule has 0 radical (unpaired) electrons. The van der Waals surface area contributed by atoms with Crippen LogP contribution in [-0.4, -0.2) is 45.0 Å². The molecule has 8 nitrogen and oxygen atoms in total. The molecule has 1 saturated heterocycles. The van der Waals surface area contributed by atoms with Gasteiger partial charge in [0.2, 0.25) is 11.7 Å². The number of benzene rings is 2. The molecule has 10 heteroatoms. The Morgan fingerprint density at radius 1 is 1.21 bits per heavy atom. The number of thioether (sulfide) groups is 1. The van der Waals surface area contributed by atoms with E-state index in [0.717, 1.165) is 28.0 Å². The number of nitrogens with one attached hydrogen (secondary N) is 1. The first kappa shape index (κ1) is 23.7. The van der Waals surface area contributed by atoms with Gasteiger partial charge in [0.05, 0.1) is 12.0 Å². The molecule has 2 aromatic carbocycles. The summed E-state index contributed by atoms with van der Waals surface area (Å²) in [7, 11) is 1.60. The van der Waals surface area contributed by atoms with Gasteiger partial charge in [0, 0.05) is 18.5 Å². The molecule has 1 N–H and O–H groups in total. The van der Waals surface area contributed by atoms with Crippen molar-refractivity contribution in [2.24, 2.45) is 0 Å². The van der Waals surface area contributed by atoms with Gasteiger partial charge in [0.15, 0.2) is 5.69 Å². The van der Waals surface area contributed by atoms with E-state index in [9.17, 15) is 9.59 Å². The van der Waals surface area contributed by atoms with E-state index < -0.39 is 0 Å². The number of rotatable bonds is 7. The maximum absolute atomic E-state index is 12.8. The Hall–Kier alpha value is -3.50. The topological polar surface area (TPSA) is 97.6 Å². The fourth-order valence-electron chi connectivity index (χ4n) is 3.39. The largest absolute Gasteiger partial charge is 0.497 e. The Labute approximate surface area is 206 Å². The maximum Gasteiger partial charge on any atom is 0.266 e.